The van der Waals surface area contributed by atoms with Crippen LogP contribution in [0.5, 0.6) is 17.2 Å². The van der Waals surface area contributed by atoms with Gasteiger partial charge in [0.15, 0.2) is 17.3 Å². The van der Waals surface area contributed by atoms with Crippen molar-refractivity contribution in [3.8, 4) is 17.2 Å². The number of para-hydroxylation sites is 1. The molecule has 8 nitrogen and oxygen atoms in total. The summed E-state index contributed by atoms with van der Waals surface area (Å²) in [5, 5.41) is 0. The number of piperazine rings is 1. The number of halogens is 1. The van der Waals surface area contributed by atoms with Crippen molar-refractivity contribution >= 4 is 17.4 Å². The Morgan fingerprint density at radius 3 is 2.22 bits per heavy atom. The lowest BCUT2D eigenvalue weighted by molar-refractivity contribution is 0.0962. The summed E-state index contributed by atoms with van der Waals surface area (Å²) < 4.78 is 30.6. The minimum absolute atomic E-state index is 0.0194. The number of ketones is 1. The summed E-state index contributed by atoms with van der Waals surface area (Å²) in [7, 11) is 4.72. The fraction of sp³-hybridized carbons (Fsp3) is 0.370. The number of benzene rings is 2. The smallest absolute Gasteiger partial charge is 0.225 e. The molecular formula is C27H29FN4O4. The Morgan fingerprint density at radius 1 is 0.917 bits per heavy atom. The monoisotopic (exact) mass is 492 g/mol. The summed E-state index contributed by atoms with van der Waals surface area (Å²) >= 11 is 0. The van der Waals surface area contributed by atoms with Gasteiger partial charge < -0.3 is 24.0 Å². The van der Waals surface area contributed by atoms with Crippen molar-refractivity contribution in [2.24, 2.45) is 0 Å². The van der Waals surface area contributed by atoms with E-state index in [9.17, 15) is 9.18 Å². The van der Waals surface area contributed by atoms with Gasteiger partial charge in [0.25, 0.3) is 0 Å². The van der Waals surface area contributed by atoms with Crippen LogP contribution >= 0.6 is 0 Å². The van der Waals surface area contributed by atoms with Crippen LogP contribution in [0.4, 0.5) is 16.0 Å². The van der Waals surface area contributed by atoms with E-state index < -0.39 is 0 Å². The highest BCUT2D eigenvalue weighted by Crippen LogP contribution is 2.42. The number of carbonyl (C=O) groups excluding carboxylic acids is 1. The summed E-state index contributed by atoms with van der Waals surface area (Å²) in [6, 6.07) is 10.6. The Bertz CT molecular complexity index is 1250. The minimum atomic E-state index is -0.215. The molecule has 0 N–H and O–H groups in total. The van der Waals surface area contributed by atoms with Gasteiger partial charge in [-0.1, -0.05) is 12.1 Å². The van der Waals surface area contributed by atoms with Crippen LogP contribution in [-0.4, -0.2) is 63.3 Å². The molecule has 1 atom stereocenters. The van der Waals surface area contributed by atoms with E-state index in [1.165, 1.54) is 6.07 Å². The highest BCUT2D eigenvalue weighted by molar-refractivity contribution is 5.98. The Kier molecular flexibility index (Phi) is 6.63. The summed E-state index contributed by atoms with van der Waals surface area (Å²) in [6.45, 7) is 2.65. The molecule has 1 saturated heterocycles. The van der Waals surface area contributed by atoms with Crippen LogP contribution in [0.25, 0.3) is 0 Å². The van der Waals surface area contributed by atoms with Gasteiger partial charge in [-0.2, -0.15) is 0 Å². The van der Waals surface area contributed by atoms with Gasteiger partial charge in [-0.15, -0.1) is 0 Å². The first kappa shape index (κ1) is 23.8. The summed E-state index contributed by atoms with van der Waals surface area (Å²) in [4.78, 5) is 26.4. The number of ether oxygens (including phenoxy) is 3. The lowest BCUT2D eigenvalue weighted by atomic mass is 9.82. The van der Waals surface area contributed by atoms with Crippen LogP contribution in [0, 0.1) is 5.82 Å². The molecular weight excluding hydrogens is 463 g/mol. The highest BCUT2D eigenvalue weighted by Gasteiger charge is 2.31. The molecule has 36 heavy (non-hydrogen) atoms. The first-order valence-corrected chi connectivity index (χ1v) is 12.0. The molecule has 0 bridgehead atoms. The van der Waals surface area contributed by atoms with Crippen molar-refractivity contribution in [2.75, 3.05) is 57.3 Å². The maximum absolute atomic E-state index is 14.2. The molecule has 0 saturated carbocycles. The zero-order valence-electron chi connectivity index (χ0n) is 20.7. The lowest BCUT2D eigenvalue weighted by Crippen LogP contribution is -2.47. The van der Waals surface area contributed by atoms with Crippen molar-refractivity contribution in [2.45, 2.75) is 18.8 Å². The second-order valence-electron chi connectivity index (χ2n) is 8.94. The molecule has 9 heteroatoms. The summed E-state index contributed by atoms with van der Waals surface area (Å²) in [5.74, 6) is 1.96. The summed E-state index contributed by atoms with van der Waals surface area (Å²) in [6.07, 6.45) is 2.61. The molecule has 5 rings (SSSR count). The first-order chi connectivity index (χ1) is 17.5. The molecule has 1 aliphatic carbocycles. The molecule has 2 heterocycles. The number of fused-ring (bicyclic) bond motifs is 1. The van der Waals surface area contributed by atoms with Gasteiger partial charge in [0.1, 0.15) is 5.82 Å². The number of carbonyl (C=O) groups is 1. The van der Waals surface area contributed by atoms with Gasteiger partial charge in [-0.25, -0.2) is 14.4 Å². The molecule has 2 aromatic carbocycles. The Balaban J connectivity index is 1.36. The van der Waals surface area contributed by atoms with E-state index in [0.29, 0.717) is 73.5 Å². The molecule has 1 unspecified atom stereocenters. The molecule has 1 aliphatic heterocycles. The third kappa shape index (κ3) is 4.41. The average molecular weight is 493 g/mol. The van der Waals surface area contributed by atoms with Gasteiger partial charge in [-0.05, 0) is 42.2 Å². The first-order valence-electron chi connectivity index (χ1n) is 12.0. The Morgan fingerprint density at radius 2 is 1.58 bits per heavy atom. The largest absolute Gasteiger partial charge is 0.493 e. The predicted octanol–water partition coefficient (Wildman–Crippen LogP) is 3.88. The van der Waals surface area contributed by atoms with Crippen LogP contribution in [0.15, 0.2) is 42.6 Å². The summed E-state index contributed by atoms with van der Waals surface area (Å²) in [5.41, 5.74) is 2.86. The fourth-order valence-electron chi connectivity index (χ4n) is 5.02. The minimum Gasteiger partial charge on any atom is -0.493 e. The zero-order valence-corrected chi connectivity index (χ0v) is 20.7. The number of hydrogen-bond donors (Lipinski definition) is 0. The maximum Gasteiger partial charge on any atom is 0.225 e. The third-order valence-electron chi connectivity index (χ3n) is 6.94. The number of rotatable bonds is 6. The van der Waals surface area contributed by atoms with Crippen molar-refractivity contribution in [1.29, 1.82) is 0 Å². The van der Waals surface area contributed by atoms with E-state index in [2.05, 4.69) is 9.88 Å². The molecule has 0 amide bonds. The molecule has 0 spiro atoms. The number of anilines is 2. The molecule has 0 radical (unpaired) electrons. The van der Waals surface area contributed by atoms with Crippen LogP contribution in [0.2, 0.25) is 0 Å². The topological polar surface area (TPSA) is 77.0 Å². The SMILES string of the molecule is COc1cc(C2CC(=O)c3cnc(N4CCN(c5ccccc5F)CC4)nc3C2)cc(OC)c1OC. The number of aromatic nitrogens is 2. The average Bonchev–Trinajstić information content (AvgIpc) is 2.92. The molecule has 188 valence electrons. The predicted molar refractivity (Wildman–Crippen MR) is 134 cm³/mol. The standard InChI is InChI=1S/C27H29FN4O4/c1-34-24-14-18(15-25(35-2)26(24)36-3)17-12-21-19(23(33)13-17)16-29-27(30-21)32-10-8-31(9-11-32)22-7-5-4-6-20(22)28/h4-7,14-17H,8-13H2,1-3H3. The van der Waals surface area contributed by atoms with Crippen LogP contribution < -0.4 is 24.0 Å². The van der Waals surface area contributed by atoms with Crippen molar-refractivity contribution < 1.29 is 23.4 Å². The van der Waals surface area contributed by atoms with E-state index >= 15 is 0 Å². The normalized spacial score (nSPS) is 17.6. The van der Waals surface area contributed by atoms with E-state index in [1.54, 1.807) is 39.7 Å². The van der Waals surface area contributed by atoms with Gasteiger partial charge in [-0.3, -0.25) is 4.79 Å². The van der Waals surface area contributed by atoms with Crippen molar-refractivity contribution in [3.63, 3.8) is 0 Å². The Hall–Kier alpha value is -3.88. The lowest BCUT2D eigenvalue weighted by Gasteiger charge is -2.36. The van der Waals surface area contributed by atoms with E-state index in [-0.39, 0.29) is 17.5 Å². The second kappa shape index (κ2) is 10.0. The van der Waals surface area contributed by atoms with Crippen LogP contribution in [0.1, 0.15) is 34.0 Å². The van der Waals surface area contributed by atoms with E-state index in [0.717, 1.165) is 11.3 Å². The second-order valence-corrected chi connectivity index (χ2v) is 8.94. The number of nitrogens with zero attached hydrogens (tertiary/aromatic N) is 4. The van der Waals surface area contributed by atoms with Gasteiger partial charge in [0.05, 0.1) is 38.3 Å². The highest BCUT2D eigenvalue weighted by atomic mass is 19.1. The number of methoxy groups -OCH3 is 3. The van der Waals surface area contributed by atoms with Crippen LogP contribution in [0.3, 0.4) is 0 Å². The molecule has 3 aromatic rings. The zero-order chi connectivity index (χ0) is 25.2. The van der Waals surface area contributed by atoms with E-state index in [1.807, 2.05) is 23.1 Å². The van der Waals surface area contributed by atoms with Crippen LogP contribution in [-0.2, 0) is 6.42 Å². The molecule has 1 fully saturated rings. The Labute approximate surface area is 209 Å². The quantitative estimate of drug-likeness (QED) is 0.513. The number of hydrogen-bond acceptors (Lipinski definition) is 8. The maximum atomic E-state index is 14.2. The fourth-order valence-corrected chi connectivity index (χ4v) is 5.02. The van der Waals surface area contributed by atoms with Crippen molar-refractivity contribution in [3.05, 3.63) is 65.2 Å². The number of Topliss-reactive ketones (excluding diaryl/α,β-unsaturated/α-hetero) is 1. The van der Waals surface area contributed by atoms with E-state index in [4.69, 9.17) is 19.2 Å². The van der Waals surface area contributed by atoms with Gasteiger partial charge >= 0.3 is 0 Å². The van der Waals surface area contributed by atoms with Gasteiger partial charge in [0.2, 0.25) is 11.7 Å². The van der Waals surface area contributed by atoms with Crippen molar-refractivity contribution in [1.82, 2.24) is 9.97 Å². The molecule has 1 aromatic heterocycles. The molecule has 2 aliphatic rings. The third-order valence-corrected chi connectivity index (χ3v) is 6.94. The van der Waals surface area contributed by atoms with Gasteiger partial charge in [0, 0.05) is 38.8 Å².